The van der Waals surface area contributed by atoms with E-state index in [1.807, 2.05) is 18.5 Å². The van der Waals surface area contributed by atoms with Crippen LogP contribution in [-0.4, -0.2) is 32.0 Å². The zero-order valence-electron chi connectivity index (χ0n) is 10.6. The molecule has 1 aromatic heterocycles. The number of hydrogen-bond acceptors (Lipinski definition) is 3. The van der Waals surface area contributed by atoms with Gasteiger partial charge in [-0.3, -0.25) is 4.98 Å². The highest BCUT2D eigenvalue weighted by atomic mass is 16.5. The highest BCUT2D eigenvalue weighted by Gasteiger charge is 2.15. The standard InChI is InChI=1S/C14H17BN2O/c15-13-7-11-9-17-4-1-10(11)8-14(13)18-12-2-5-16-6-3-12/h1,4,7-9,12,16H,2-3,5-6,15H2. The third kappa shape index (κ3) is 2.34. The summed E-state index contributed by atoms with van der Waals surface area (Å²) in [6, 6.07) is 6.32. The van der Waals surface area contributed by atoms with E-state index < -0.39 is 0 Å². The van der Waals surface area contributed by atoms with E-state index in [4.69, 9.17) is 4.74 Å². The minimum atomic E-state index is 0.351. The van der Waals surface area contributed by atoms with Crippen LogP contribution >= 0.6 is 0 Å². The van der Waals surface area contributed by atoms with Crippen molar-refractivity contribution in [3.8, 4) is 5.75 Å². The van der Waals surface area contributed by atoms with Crippen molar-refractivity contribution in [1.82, 2.24) is 10.3 Å². The normalized spacial score (nSPS) is 16.9. The van der Waals surface area contributed by atoms with Gasteiger partial charge in [0, 0.05) is 12.4 Å². The molecule has 0 radical (unpaired) electrons. The van der Waals surface area contributed by atoms with Crippen LogP contribution in [0.4, 0.5) is 0 Å². The van der Waals surface area contributed by atoms with Gasteiger partial charge in [0.15, 0.2) is 0 Å². The summed E-state index contributed by atoms with van der Waals surface area (Å²) in [5, 5.41) is 5.72. The molecule has 3 rings (SSSR count). The number of ether oxygens (including phenoxy) is 1. The van der Waals surface area contributed by atoms with Gasteiger partial charge in [0.1, 0.15) is 19.7 Å². The van der Waals surface area contributed by atoms with Crippen molar-refractivity contribution in [3.63, 3.8) is 0 Å². The van der Waals surface area contributed by atoms with Crippen molar-refractivity contribution in [1.29, 1.82) is 0 Å². The Labute approximate surface area is 108 Å². The Morgan fingerprint density at radius 3 is 2.89 bits per heavy atom. The molecule has 1 fully saturated rings. The fourth-order valence-corrected chi connectivity index (χ4v) is 2.45. The van der Waals surface area contributed by atoms with E-state index in [9.17, 15) is 0 Å². The molecule has 1 N–H and O–H groups in total. The summed E-state index contributed by atoms with van der Waals surface area (Å²) in [7, 11) is 2.10. The monoisotopic (exact) mass is 240 g/mol. The quantitative estimate of drug-likeness (QED) is 0.781. The fourth-order valence-electron chi connectivity index (χ4n) is 2.45. The SMILES string of the molecule is Bc1cc2cnccc2cc1OC1CCNCC1. The second-order valence-electron chi connectivity index (χ2n) is 4.91. The van der Waals surface area contributed by atoms with Crippen LogP contribution in [0.1, 0.15) is 12.8 Å². The van der Waals surface area contributed by atoms with Crippen molar-refractivity contribution >= 4 is 24.1 Å². The average molecular weight is 240 g/mol. The first-order chi connectivity index (χ1) is 8.83. The molecule has 0 saturated carbocycles. The van der Waals surface area contributed by atoms with Crippen LogP contribution in [0.5, 0.6) is 5.75 Å². The molecule has 18 heavy (non-hydrogen) atoms. The van der Waals surface area contributed by atoms with Crippen LogP contribution in [0, 0.1) is 0 Å². The molecule has 1 aromatic carbocycles. The van der Waals surface area contributed by atoms with E-state index in [2.05, 4.69) is 30.3 Å². The van der Waals surface area contributed by atoms with Crippen LogP contribution < -0.4 is 15.5 Å². The number of rotatable bonds is 2. The smallest absolute Gasteiger partial charge is 0.144 e. The second-order valence-corrected chi connectivity index (χ2v) is 4.91. The molecule has 0 atom stereocenters. The lowest BCUT2D eigenvalue weighted by Gasteiger charge is -2.25. The van der Waals surface area contributed by atoms with Gasteiger partial charge in [-0.1, -0.05) is 6.07 Å². The number of pyridine rings is 1. The highest BCUT2D eigenvalue weighted by molar-refractivity contribution is 6.35. The number of piperidine rings is 1. The molecule has 2 heterocycles. The van der Waals surface area contributed by atoms with Crippen LogP contribution in [0.3, 0.4) is 0 Å². The summed E-state index contributed by atoms with van der Waals surface area (Å²) in [5.41, 5.74) is 1.19. The molecule has 2 aromatic rings. The minimum Gasteiger partial charge on any atom is -0.491 e. The number of nitrogens with zero attached hydrogens (tertiary/aromatic N) is 1. The maximum absolute atomic E-state index is 6.13. The van der Waals surface area contributed by atoms with E-state index in [0.29, 0.717) is 6.10 Å². The van der Waals surface area contributed by atoms with Gasteiger partial charge in [-0.05, 0) is 54.3 Å². The molecule has 0 spiro atoms. The summed E-state index contributed by atoms with van der Waals surface area (Å²) < 4.78 is 6.13. The molecule has 0 aliphatic carbocycles. The molecule has 0 unspecified atom stereocenters. The van der Waals surface area contributed by atoms with Crippen molar-refractivity contribution < 1.29 is 4.74 Å². The maximum Gasteiger partial charge on any atom is 0.144 e. The van der Waals surface area contributed by atoms with Crippen LogP contribution in [0.25, 0.3) is 10.8 Å². The first-order valence-corrected chi connectivity index (χ1v) is 6.55. The summed E-state index contributed by atoms with van der Waals surface area (Å²) in [6.07, 6.45) is 6.26. The van der Waals surface area contributed by atoms with Gasteiger partial charge < -0.3 is 10.1 Å². The summed E-state index contributed by atoms with van der Waals surface area (Å²) in [5.74, 6) is 1.01. The fraction of sp³-hybridized carbons (Fsp3) is 0.357. The lowest BCUT2D eigenvalue weighted by atomic mass is 9.92. The Balaban J connectivity index is 1.88. The molecule has 3 nitrogen and oxygen atoms in total. The average Bonchev–Trinajstić information content (AvgIpc) is 2.41. The number of hydrogen-bond donors (Lipinski definition) is 1. The predicted octanol–water partition coefficient (Wildman–Crippen LogP) is 0.624. The molecule has 0 bridgehead atoms. The van der Waals surface area contributed by atoms with Gasteiger partial charge in [0.25, 0.3) is 0 Å². The Kier molecular flexibility index (Phi) is 3.20. The Bertz CT molecular complexity index is 552. The topological polar surface area (TPSA) is 34.1 Å². The largest absolute Gasteiger partial charge is 0.491 e. The van der Waals surface area contributed by atoms with Gasteiger partial charge in [-0.2, -0.15) is 0 Å². The lowest BCUT2D eigenvalue weighted by molar-refractivity contribution is 0.164. The third-order valence-electron chi connectivity index (χ3n) is 3.51. The molecule has 1 saturated heterocycles. The molecule has 1 aliphatic heterocycles. The van der Waals surface area contributed by atoms with Crippen molar-refractivity contribution in [3.05, 3.63) is 30.6 Å². The van der Waals surface area contributed by atoms with Gasteiger partial charge in [0.2, 0.25) is 0 Å². The molecule has 0 amide bonds. The highest BCUT2D eigenvalue weighted by Crippen LogP contribution is 2.20. The first-order valence-electron chi connectivity index (χ1n) is 6.55. The van der Waals surface area contributed by atoms with E-state index >= 15 is 0 Å². The maximum atomic E-state index is 6.13. The minimum absolute atomic E-state index is 0.351. The second kappa shape index (κ2) is 4.98. The Morgan fingerprint density at radius 2 is 2.06 bits per heavy atom. The van der Waals surface area contributed by atoms with Gasteiger partial charge >= 0.3 is 0 Å². The zero-order chi connectivity index (χ0) is 12.4. The number of benzene rings is 1. The molecule has 92 valence electrons. The molecular formula is C14H17BN2O. The first kappa shape index (κ1) is 11.5. The zero-order valence-corrected chi connectivity index (χ0v) is 10.6. The van der Waals surface area contributed by atoms with E-state index in [0.717, 1.165) is 31.7 Å². The molecular weight excluding hydrogens is 223 g/mol. The molecule has 1 aliphatic rings. The van der Waals surface area contributed by atoms with Gasteiger partial charge in [-0.25, -0.2) is 0 Å². The van der Waals surface area contributed by atoms with Crippen LogP contribution in [0.15, 0.2) is 30.6 Å². The number of fused-ring (bicyclic) bond motifs is 1. The van der Waals surface area contributed by atoms with Crippen molar-refractivity contribution in [2.75, 3.05) is 13.1 Å². The van der Waals surface area contributed by atoms with E-state index in [-0.39, 0.29) is 0 Å². The van der Waals surface area contributed by atoms with Crippen molar-refractivity contribution in [2.45, 2.75) is 18.9 Å². The number of aromatic nitrogens is 1. The van der Waals surface area contributed by atoms with E-state index in [1.165, 1.54) is 16.2 Å². The Hall–Kier alpha value is -1.55. The summed E-state index contributed by atoms with van der Waals surface area (Å²) >= 11 is 0. The summed E-state index contributed by atoms with van der Waals surface area (Å²) in [4.78, 5) is 4.15. The summed E-state index contributed by atoms with van der Waals surface area (Å²) in [6.45, 7) is 2.11. The molecule has 4 heteroatoms. The number of nitrogens with one attached hydrogen (secondary N) is 1. The Morgan fingerprint density at radius 1 is 1.22 bits per heavy atom. The van der Waals surface area contributed by atoms with Gasteiger partial charge in [0.05, 0.1) is 0 Å². The predicted molar refractivity (Wildman–Crippen MR) is 76.4 cm³/mol. The van der Waals surface area contributed by atoms with Gasteiger partial charge in [-0.15, -0.1) is 0 Å². The third-order valence-corrected chi connectivity index (χ3v) is 3.51. The van der Waals surface area contributed by atoms with E-state index in [1.54, 1.807) is 0 Å². The van der Waals surface area contributed by atoms with Crippen molar-refractivity contribution in [2.24, 2.45) is 0 Å². The van der Waals surface area contributed by atoms with Crippen LogP contribution in [0.2, 0.25) is 0 Å². The van der Waals surface area contributed by atoms with Crippen LogP contribution in [-0.2, 0) is 0 Å². The lowest BCUT2D eigenvalue weighted by Crippen LogP contribution is -2.35.